The topological polar surface area (TPSA) is 95.6 Å². The molecule has 0 amide bonds. The highest BCUT2D eigenvalue weighted by Crippen LogP contribution is 2.21. The molecule has 0 fully saturated rings. The molecule has 3 heterocycles. The molecule has 134 valence electrons. The largest absolute Gasteiger partial charge is 0.245 e. The van der Waals surface area contributed by atoms with Gasteiger partial charge in [-0.1, -0.05) is 12.1 Å². The van der Waals surface area contributed by atoms with Crippen molar-refractivity contribution in [3.05, 3.63) is 65.9 Å². The smallest absolute Gasteiger partial charge is 0.172 e. The zero-order valence-corrected chi connectivity index (χ0v) is 14.4. The molecule has 8 nitrogen and oxygen atoms in total. The van der Waals surface area contributed by atoms with Gasteiger partial charge >= 0.3 is 0 Å². The van der Waals surface area contributed by atoms with Crippen LogP contribution in [-0.2, 0) is 22.8 Å². The lowest BCUT2D eigenvalue weighted by Crippen LogP contribution is -2.12. The van der Waals surface area contributed by atoms with Crippen molar-refractivity contribution >= 4 is 9.84 Å². The highest BCUT2D eigenvalue weighted by atomic mass is 32.2. The Kier molecular flexibility index (Phi) is 4.11. The maximum absolute atomic E-state index is 13.6. The molecule has 0 radical (unpaired) electrons. The van der Waals surface area contributed by atoms with Gasteiger partial charge in [-0.2, -0.15) is 5.10 Å². The van der Waals surface area contributed by atoms with Gasteiger partial charge in [0.15, 0.2) is 15.7 Å². The molecule has 0 unspecified atom stereocenters. The number of aromatic nitrogens is 6. The molecular formula is C16H15FN6O2S. The summed E-state index contributed by atoms with van der Waals surface area (Å²) in [5.41, 5.74) is 0.530. The minimum Gasteiger partial charge on any atom is -0.245 e. The quantitative estimate of drug-likeness (QED) is 0.665. The highest BCUT2D eigenvalue weighted by Gasteiger charge is 2.24. The summed E-state index contributed by atoms with van der Waals surface area (Å²) < 4.78 is 40.1. The predicted molar refractivity (Wildman–Crippen MR) is 90.6 cm³/mol. The van der Waals surface area contributed by atoms with Gasteiger partial charge in [-0.25, -0.2) is 32.1 Å². The first-order valence-corrected chi connectivity index (χ1v) is 9.64. The number of benzene rings is 1. The van der Waals surface area contributed by atoms with Crippen LogP contribution >= 0.6 is 0 Å². The molecule has 1 aromatic carbocycles. The number of allylic oxidation sites excluding steroid dienone is 1. The Morgan fingerprint density at radius 1 is 1.31 bits per heavy atom. The van der Waals surface area contributed by atoms with E-state index < -0.39 is 9.84 Å². The number of nitrogens with zero attached hydrogens (tertiary/aromatic N) is 6. The van der Waals surface area contributed by atoms with Gasteiger partial charge in [0.05, 0.1) is 11.4 Å². The molecule has 1 atom stereocenters. The van der Waals surface area contributed by atoms with Crippen molar-refractivity contribution in [2.24, 2.45) is 5.92 Å². The van der Waals surface area contributed by atoms with E-state index in [1.54, 1.807) is 33.9 Å². The lowest BCUT2D eigenvalue weighted by atomic mass is 10.1. The molecular weight excluding hydrogens is 359 g/mol. The van der Waals surface area contributed by atoms with Crippen molar-refractivity contribution in [2.75, 3.05) is 5.75 Å². The monoisotopic (exact) mass is 374 g/mol. The second-order valence-electron chi connectivity index (χ2n) is 6.05. The van der Waals surface area contributed by atoms with Crippen molar-refractivity contribution in [2.45, 2.75) is 13.0 Å². The predicted octanol–water partition coefficient (Wildman–Crippen LogP) is 1.15. The third-order valence-electron chi connectivity index (χ3n) is 3.99. The van der Waals surface area contributed by atoms with Crippen LogP contribution in [0.4, 0.5) is 4.39 Å². The summed E-state index contributed by atoms with van der Waals surface area (Å²) in [5, 5.41) is 9.71. The van der Waals surface area contributed by atoms with Crippen LogP contribution in [0.2, 0.25) is 0 Å². The summed E-state index contributed by atoms with van der Waals surface area (Å²) in [4.78, 5) is 8.40. The molecule has 0 saturated carbocycles. The fourth-order valence-electron chi connectivity index (χ4n) is 2.87. The second-order valence-corrected chi connectivity index (χ2v) is 7.98. The van der Waals surface area contributed by atoms with Crippen molar-refractivity contribution in [3.8, 4) is 5.69 Å². The lowest BCUT2D eigenvalue weighted by Gasteiger charge is -2.08. The standard InChI is InChI=1S/C16H15FN6O2S/c17-13-2-1-3-14(7-13)23-16(6-12-4-5-26(24,25)9-12)20-15(21-23)8-22-11-18-10-19-22/h1-5,7,10-12H,6,8-9H2/t12-/m0/s1. The van der Waals surface area contributed by atoms with Gasteiger partial charge in [0, 0.05) is 11.8 Å². The summed E-state index contributed by atoms with van der Waals surface area (Å²) >= 11 is 0. The number of hydrogen-bond donors (Lipinski definition) is 0. The summed E-state index contributed by atoms with van der Waals surface area (Å²) in [6, 6.07) is 6.02. The number of sulfone groups is 1. The minimum atomic E-state index is -3.15. The maximum Gasteiger partial charge on any atom is 0.172 e. The fourth-order valence-corrected chi connectivity index (χ4v) is 4.27. The molecule has 0 N–H and O–H groups in total. The maximum atomic E-state index is 13.6. The van der Waals surface area contributed by atoms with Crippen LogP contribution in [0.15, 0.2) is 48.4 Å². The molecule has 0 saturated heterocycles. The SMILES string of the molecule is O=S1(=O)C=C[C@@H](Cc2nc(Cn3cncn3)nn2-c2cccc(F)c2)C1. The Morgan fingerprint density at radius 3 is 2.88 bits per heavy atom. The Bertz CT molecular complexity index is 1060. The van der Waals surface area contributed by atoms with Crippen LogP contribution in [0, 0.1) is 11.7 Å². The van der Waals surface area contributed by atoms with E-state index >= 15 is 0 Å². The zero-order valence-electron chi connectivity index (χ0n) is 13.6. The van der Waals surface area contributed by atoms with E-state index in [2.05, 4.69) is 20.2 Å². The molecule has 4 rings (SSSR count). The van der Waals surface area contributed by atoms with Crippen LogP contribution in [0.25, 0.3) is 5.69 Å². The Hall–Kier alpha value is -2.88. The molecule has 10 heteroatoms. The molecule has 0 bridgehead atoms. The average Bonchev–Trinajstić information content (AvgIpc) is 3.30. The molecule has 1 aliphatic heterocycles. The van der Waals surface area contributed by atoms with Gasteiger partial charge in [-0.15, -0.1) is 5.10 Å². The van der Waals surface area contributed by atoms with Gasteiger partial charge < -0.3 is 0 Å². The van der Waals surface area contributed by atoms with Crippen LogP contribution in [-0.4, -0.2) is 43.7 Å². The summed E-state index contributed by atoms with van der Waals surface area (Å²) in [5.74, 6) is 0.527. The molecule has 26 heavy (non-hydrogen) atoms. The number of rotatable bonds is 5. The molecule has 1 aliphatic rings. The molecule has 2 aromatic heterocycles. The van der Waals surface area contributed by atoms with Crippen molar-refractivity contribution in [1.29, 1.82) is 0 Å². The minimum absolute atomic E-state index is 0.0431. The van der Waals surface area contributed by atoms with Gasteiger partial charge in [-0.3, -0.25) is 0 Å². The van der Waals surface area contributed by atoms with Gasteiger partial charge in [0.1, 0.15) is 30.8 Å². The first kappa shape index (κ1) is 16.6. The van der Waals surface area contributed by atoms with Crippen molar-refractivity contribution in [3.63, 3.8) is 0 Å². The summed E-state index contributed by atoms with van der Waals surface area (Å²) in [7, 11) is -3.15. The Labute approximate surface area is 148 Å². The second kappa shape index (κ2) is 6.45. The highest BCUT2D eigenvalue weighted by molar-refractivity contribution is 7.94. The zero-order chi connectivity index (χ0) is 18.1. The fraction of sp³-hybridized carbons (Fsp3) is 0.250. The molecule has 3 aromatic rings. The summed E-state index contributed by atoms with van der Waals surface area (Å²) in [6.45, 7) is 0.314. The summed E-state index contributed by atoms with van der Waals surface area (Å²) in [6.07, 6.45) is 5.02. The number of hydrogen-bond acceptors (Lipinski definition) is 6. The Morgan fingerprint density at radius 2 is 2.19 bits per heavy atom. The Balaban J connectivity index is 1.68. The third-order valence-corrected chi connectivity index (χ3v) is 5.45. The van der Waals surface area contributed by atoms with Crippen LogP contribution in [0.1, 0.15) is 11.6 Å². The number of halogens is 1. The van der Waals surface area contributed by atoms with E-state index in [0.29, 0.717) is 30.3 Å². The van der Waals surface area contributed by atoms with Crippen LogP contribution in [0.3, 0.4) is 0 Å². The normalized spacial score (nSPS) is 18.4. The third kappa shape index (κ3) is 3.54. The molecule has 0 aliphatic carbocycles. The van der Waals surface area contributed by atoms with Gasteiger partial charge in [0.25, 0.3) is 0 Å². The first-order chi connectivity index (χ1) is 12.5. The van der Waals surface area contributed by atoms with Gasteiger partial charge in [0.2, 0.25) is 0 Å². The van der Waals surface area contributed by atoms with Crippen molar-refractivity contribution in [1.82, 2.24) is 29.5 Å². The van der Waals surface area contributed by atoms with E-state index in [1.807, 2.05) is 0 Å². The van der Waals surface area contributed by atoms with Gasteiger partial charge in [-0.05, 0) is 24.1 Å². The average molecular weight is 374 g/mol. The van der Waals surface area contributed by atoms with Crippen LogP contribution < -0.4 is 0 Å². The first-order valence-electron chi connectivity index (χ1n) is 7.93. The van der Waals surface area contributed by atoms with Crippen LogP contribution in [0.5, 0.6) is 0 Å². The van der Waals surface area contributed by atoms with E-state index in [-0.39, 0.29) is 17.5 Å². The van der Waals surface area contributed by atoms with E-state index in [0.717, 1.165) is 0 Å². The van der Waals surface area contributed by atoms with E-state index in [9.17, 15) is 12.8 Å². The van der Waals surface area contributed by atoms with E-state index in [4.69, 9.17) is 0 Å². The van der Waals surface area contributed by atoms with Crippen molar-refractivity contribution < 1.29 is 12.8 Å². The lowest BCUT2D eigenvalue weighted by molar-refractivity contribution is 0.593. The van der Waals surface area contributed by atoms with E-state index in [1.165, 1.54) is 23.9 Å². The molecule has 0 spiro atoms.